The molecule has 2 rings (SSSR count). The van der Waals surface area contributed by atoms with Crippen molar-refractivity contribution < 1.29 is 18.0 Å². The van der Waals surface area contributed by atoms with E-state index in [4.69, 9.17) is 5.73 Å². The summed E-state index contributed by atoms with van der Waals surface area (Å²) in [7, 11) is -4.08. The molecule has 0 bridgehead atoms. The number of hydrogen-bond acceptors (Lipinski definition) is 4. The van der Waals surface area contributed by atoms with Gasteiger partial charge in [-0.15, -0.1) is 0 Å². The van der Waals surface area contributed by atoms with Crippen molar-refractivity contribution in [3.63, 3.8) is 0 Å². The minimum atomic E-state index is -4.08. The Morgan fingerprint density at radius 1 is 0.962 bits per heavy atom. The number of ketones is 1. The number of hydrogen-bond donors (Lipinski definition) is 1. The first-order valence-corrected chi connectivity index (χ1v) is 9.63. The summed E-state index contributed by atoms with van der Waals surface area (Å²) in [5, 5.41) is 0. The van der Waals surface area contributed by atoms with E-state index in [-0.39, 0.29) is 4.90 Å². The van der Waals surface area contributed by atoms with Gasteiger partial charge in [0.15, 0.2) is 5.78 Å². The van der Waals surface area contributed by atoms with Gasteiger partial charge in [0.2, 0.25) is 15.9 Å². The van der Waals surface area contributed by atoms with E-state index >= 15 is 0 Å². The summed E-state index contributed by atoms with van der Waals surface area (Å²) in [5.74, 6) is -1.59. The maximum atomic E-state index is 13.1. The molecule has 0 aliphatic rings. The molecule has 1 unspecified atom stereocenters. The zero-order valence-corrected chi connectivity index (χ0v) is 15.5. The highest BCUT2D eigenvalue weighted by atomic mass is 32.2. The molecule has 138 valence electrons. The molecule has 0 heterocycles. The Bertz CT molecular complexity index is 865. The lowest BCUT2D eigenvalue weighted by Gasteiger charge is -2.30. The predicted octanol–water partition coefficient (Wildman–Crippen LogP) is 2.07. The molecule has 0 aliphatic carbocycles. The summed E-state index contributed by atoms with van der Waals surface area (Å²) < 4.78 is 27.1. The Kier molecular flexibility index (Phi) is 6.28. The molecule has 0 aromatic heterocycles. The lowest BCUT2D eigenvalue weighted by atomic mass is 10.0. The third-order valence-corrected chi connectivity index (χ3v) is 5.82. The van der Waals surface area contributed by atoms with E-state index < -0.39 is 40.2 Å². The molecular formula is C19H22N2O4S. The average Bonchev–Trinajstić information content (AvgIpc) is 2.62. The first-order chi connectivity index (χ1) is 12.2. The van der Waals surface area contributed by atoms with Gasteiger partial charge >= 0.3 is 0 Å². The summed E-state index contributed by atoms with van der Waals surface area (Å²) in [6.07, 6.45) is 0. The Morgan fingerprint density at radius 2 is 1.46 bits per heavy atom. The number of amides is 1. The molecule has 1 amide bonds. The van der Waals surface area contributed by atoms with Crippen molar-refractivity contribution in [2.45, 2.75) is 24.8 Å². The lowest BCUT2D eigenvalue weighted by Crippen LogP contribution is -2.52. The molecule has 7 heteroatoms. The van der Waals surface area contributed by atoms with Crippen LogP contribution in [0, 0.1) is 5.92 Å². The van der Waals surface area contributed by atoms with E-state index in [1.165, 1.54) is 12.1 Å². The van der Waals surface area contributed by atoms with Gasteiger partial charge in [-0.1, -0.05) is 62.4 Å². The Hall–Kier alpha value is -2.51. The average molecular weight is 374 g/mol. The molecule has 0 aliphatic heterocycles. The molecule has 0 spiro atoms. The van der Waals surface area contributed by atoms with Gasteiger partial charge in [0.25, 0.3) is 0 Å². The maximum Gasteiger partial charge on any atom is 0.244 e. The first kappa shape index (κ1) is 19.8. The number of sulfonamides is 1. The van der Waals surface area contributed by atoms with Crippen molar-refractivity contribution in [2.75, 3.05) is 6.54 Å². The van der Waals surface area contributed by atoms with Crippen molar-refractivity contribution in [3.05, 3.63) is 66.2 Å². The molecule has 26 heavy (non-hydrogen) atoms. The van der Waals surface area contributed by atoms with Crippen molar-refractivity contribution >= 4 is 21.7 Å². The number of carbonyl (C=O) groups is 2. The first-order valence-electron chi connectivity index (χ1n) is 8.19. The number of carbonyl (C=O) groups excluding carboxylic acids is 2. The zero-order chi connectivity index (χ0) is 19.3. The minimum absolute atomic E-state index is 0.00719. The Balaban J connectivity index is 2.49. The van der Waals surface area contributed by atoms with Crippen LogP contribution in [0.2, 0.25) is 0 Å². The summed E-state index contributed by atoms with van der Waals surface area (Å²) >= 11 is 0. The van der Waals surface area contributed by atoms with Gasteiger partial charge in [-0.25, -0.2) is 8.42 Å². The van der Waals surface area contributed by atoms with Crippen LogP contribution in [-0.2, 0) is 14.8 Å². The van der Waals surface area contributed by atoms with E-state index in [2.05, 4.69) is 0 Å². The summed E-state index contributed by atoms with van der Waals surface area (Å²) in [4.78, 5) is 24.6. The highest BCUT2D eigenvalue weighted by Gasteiger charge is 2.38. The van der Waals surface area contributed by atoms with Gasteiger partial charge in [-0.3, -0.25) is 9.59 Å². The summed E-state index contributed by atoms with van der Waals surface area (Å²) in [6, 6.07) is 14.9. The van der Waals surface area contributed by atoms with Crippen LogP contribution in [0.15, 0.2) is 65.6 Å². The minimum Gasteiger partial charge on any atom is -0.368 e. The van der Waals surface area contributed by atoms with Crippen LogP contribution >= 0.6 is 0 Å². The van der Waals surface area contributed by atoms with Crippen LogP contribution < -0.4 is 5.73 Å². The number of rotatable bonds is 8. The van der Waals surface area contributed by atoms with Crippen LogP contribution in [0.1, 0.15) is 24.2 Å². The molecule has 2 aromatic rings. The third-order valence-electron chi connectivity index (χ3n) is 3.98. The van der Waals surface area contributed by atoms with E-state index in [1.54, 1.807) is 62.4 Å². The van der Waals surface area contributed by atoms with Crippen molar-refractivity contribution in [3.8, 4) is 0 Å². The maximum absolute atomic E-state index is 13.1. The second kappa shape index (κ2) is 8.25. The van der Waals surface area contributed by atoms with E-state index in [9.17, 15) is 18.0 Å². The van der Waals surface area contributed by atoms with E-state index in [1.807, 2.05) is 0 Å². The fourth-order valence-electron chi connectivity index (χ4n) is 2.72. The van der Waals surface area contributed by atoms with Gasteiger partial charge in [0.1, 0.15) is 6.04 Å². The van der Waals surface area contributed by atoms with Gasteiger partial charge in [-0.05, 0) is 18.1 Å². The third kappa shape index (κ3) is 4.36. The smallest absolute Gasteiger partial charge is 0.244 e. The molecule has 0 radical (unpaired) electrons. The summed E-state index contributed by atoms with van der Waals surface area (Å²) in [6.45, 7) is 2.92. The number of primary amides is 1. The van der Waals surface area contributed by atoms with Crippen LogP contribution in [-0.4, -0.2) is 37.0 Å². The molecule has 6 nitrogen and oxygen atoms in total. The number of benzene rings is 2. The number of Topliss-reactive ketones (excluding diaryl/α,β-unsaturated/α-hetero) is 1. The highest BCUT2D eigenvalue weighted by molar-refractivity contribution is 7.89. The van der Waals surface area contributed by atoms with Gasteiger partial charge in [-0.2, -0.15) is 4.31 Å². The van der Waals surface area contributed by atoms with Crippen LogP contribution in [0.25, 0.3) is 0 Å². The molecular weight excluding hydrogens is 352 g/mol. The monoisotopic (exact) mass is 374 g/mol. The fraction of sp³-hybridized carbons (Fsp3) is 0.263. The molecule has 2 N–H and O–H groups in total. The molecule has 0 saturated heterocycles. The molecule has 0 saturated carbocycles. The van der Waals surface area contributed by atoms with Crippen molar-refractivity contribution in [1.29, 1.82) is 0 Å². The van der Waals surface area contributed by atoms with Gasteiger partial charge in [0, 0.05) is 5.56 Å². The van der Waals surface area contributed by atoms with Gasteiger partial charge in [0.05, 0.1) is 11.4 Å². The largest absolute Gasteiger partial charge is 0.368 e. The standard InChI is InChI=1S/C19H22N2O4S/c1-14(2)18(19(20)23)21(13-17(22)15-9-5-3-6-10-15)26(24,25)16-11-7-4-8-12-16/h3-12,14,18H,13H2,1-2H3,(H2,20,23). The van der Waals surface area contributed by atoms with E-state index in [0.717, 1.165) is 4.31 Å². The van der Waals surface area contributed by atoms with Gasteiger partial charge < -0.3 is 5.73 Å². The summed E-state index contributed by atoms with van der Waals surface area (Å²) in [5.41, 5.74) is 5.84. The van der Waals surface area contributed by atoms with Crippen molar-refractivity contribution in [2.24, 2.45) is 11.7 Å². The molecule has 2 aromatic carbocycles. The quantitative estimate of drug-likeness (QED) is 0.715. The lowest BCUT2D eigenvalue weighted by molar-refractivity contribution is -0.122. The molecule has 1 atom stereocenters. The molecule has 0 fully saturated rings. The highest BCUT2D eigenvalue weighted by Crippen LogP contribution is 2.22. The van der Waals surface area contributed by atoms with Crippen molar-refractivity contribution in [1.82, 2.24) is 4.31 Å². The van der Waals surface area contributed by atoms with Crippen LogP contribution in [0.3, 0.4) is 0 Å². The predicted molar refractivity (Wildman–Crippen MR) is 98.9 cm³/mol. The van der Waals surface area contributed by atoms with Crippen LogP contribution in [0.4, 0.5) is 0 Å². The number of nitrogens with two attached hydrogens (primary N) is 1. The Morgan fingerprint density at radius 3 is 1.92 bits per heavy atom. The second-order valence-electron chi connectivity index (χ2n) is 6.24. The zero-order valence-electron chi connectivity index (χ0n) is 14.7. The topological polar surface area (TPSA) is 97.5 Å². The van der Waals surface area contributed by atoms with Crippen LogP contribution in [0.5, 0.6) is 0 Å². The normalized spacial score (nSPS) is 12.9. The number of nitrogens with zero attached hydrogens (tertiary/aromatic N) is 1. The second-order valence-corrected chi connectivity index (χ2v) is 8.13. The Labute approximate surface area is 153 Å². The van der Waals surface area contributed by atoms with E-state index in [0.29, 0.717) is 5.56 Å². The fourth-order valence-corrected chi connectivity index (χ4v) is 4.43. The SMILES string of the molecule is CC(C)C(C(N)=O)N(CC(=O)c1ccccc1)S(=O)(=O)c1ccccc1.